The summed E-state index contributed by atoms with van der Waals surface area (Å²) < 4.78 is 10.9. The van der Waals surface area contributed by atoms with Crippen molar-refractivity contribution in [3.8, 4) is 0 Å². The van der Waals surface area contributed by atoms with Crippen LogP contribution in [0.2, 0.25) is 0 Å². The van der Waals surface area contributed by atoms with E-state index in [-0.39, 0.29) is 5.97 Å². The van der Waals surface area contributed by atoms with E-state index in [2.05, 4.69) is 4.99 Å². The molecule has 0 N–H and O–H groups in total. The molecular formula is C2H2FN. The van der Waals surface area contributed by atoms with Gasteiger partial charge in [0.2, 0.25) is 5.97 Å². The molecule has 22 valence electrons. The Morgan fingerprint density at radius 1 is 2.00 bits per heavy atom. The van der Waals surface area contributed by atoms with Gasteiger partial charge >= 0.3 is 0 Å². The average molecular weight is 59.0 g/mol. The van der Waals surface area contributed by atoms with Crippen LogP contribution in [0.5, 0.6) is 0 Å². The van der Waals surface area contributed by atoms with Crippen LogP contribution in [-0.4, -0.2) is 12.5 Å². The summed E-state index contributed by atoms with van der Waals surface area (Å²) in [6, 6.07) is 0. The second-order valence-corrected chi connectivity index (χ2v) is 0.692. The summed E-state index contributed by atoms with van der Waals surface area (Å²) in [5.41, 5.74) is 0. The van der Waals surface area contributed by atoms with Gasteiger partial charge in [-0.05, 0) is 0 Å². The van der Waals surface area contributed by atoms with Crippen LogP contribution < -0.4 is 0 Å². The highest BCUT2D eigenvalue weighted by Gasteiger charge is 2.03. The fourth-order valence-electron chi connectivity index (χ4n) is 0.0299. The van der Waals surface area contributed by atoms with Crippen molar-refractivity contribution in [3.05, 3.63) is 0 Å². The van der Waals surface area contributed by atoms with Crippen molar-refractivity contribution < 1.29 is 4.39 Å². The molecule has 0 amide bonds. The second-order valence-electron chi connectivity index (χ2n) is 0.692. The second kappa shape index (κ2) is 0.315. The summed E-state index contributed by atoms with van der Waals surface area (Å²) in [7, 11) is 0. The highest BCUT2D eigenvalue weighted by atomic mass is 19.1. The first-order chi connectivity index (χ1) is 1.89. The van der Waals surface area contributed by atoms with E-state index in [1.807, 2.05) is 0 Å². The quantitative estimate of drug-likeness (QED) is 0.382. The molecule has 0 atom stereocenters. The first-order valence-corrected chi connectivity index (χ1v) is 1.08. The monoisotopic (exact) mass is 59.0 g/mol. The fraction of sp³-hybridized carbons (Fsp3) is 0.500. The summed E-state index contributed by atoms with van der Waals surface area (Å²) in [6.45, 7) is 0.361. The molecule has 0 aliphatic carbocycles. The molecule has 0 radical (unpaired) electrons. The van der Waals surface area contributed by atoms with E-state index in [0.29, 0.717) is 6.54 Å². The Bertz CT molecular complexity index is 57.1. The van der Waals surface area contributed by atoms with Gasteiger partial charge in [-0.15, -0.1) is 0 Å². The Labute approximate surface area is 23.2 Å². The summed E-state index contributed by atoms with van der Waals surface area (Å²) in [6.07, 6.45) is 0. The van der Waals surface area contributed by atoms with E-state index >= 15 is 0 Å². The molecule has 0 saturated heterocycles. The first kappa shape index (κ1) is 1.88. The van der Waals surface area contributed by atoms with Crippen molar-refractivity contribution in [1.82, 2.24) is 0 Å². The lowest BCUT2D eigenvalue weighted by molar-refractivity contribution is 0.832. The zero-order valence-corrected chi connectivity index (χ0v) is 2.03. The molecule has 0 spiro atoms. The Kier molecular flexibility index (Phi) is 0.148. The molecule has 4 heavy (non-hydrogen) atoms. The minimum absolute atomic E-state index is 0.208. The van der Waals surface area contributed by atoms with Crippen LogP contribution in [0.15, 0.2) is 4.99 Å². The van der Waals surface area contributed by atoms with Gasteiger partial charge in [0.15, 0.2) is 0 Å². The molecule has 2 heteroatoms. The zero-order valence-electron chi connectivity index (χ0n) is 2.03. The van der Waals surface area contributed by atoms with Gasteiger partial charge in [-0.1, -0.05) is 0 Å². The van der Waals surface area contributed by atoms with Crippen molar-refractivity contribution in [2.75, 3.05) is 6.54 Å². The lowest BCUT2D eigenvalue weighted by Gasteiger charge is -1.34. The van der Waals surface area contributed by atoms with Crippen LogP contribution in [0.3, 0.4) is 0 Å². The highest BCUT2D eigenvalue weighted by molar-refractivity contribution is 5.88. The number of aliphatic imine (C=N–C) groups is 1. The number of hydrogen-bond acceptors (Lipinski definition) is 1. The predicted octanol–water partition coefficient (Wildman–Crippen LogP) is 0.368. The topological polar surface area (TPSA) is 12.4 Å². The Morgan fingerprint density at radius 3 is 2.25 bits per heavy atom. The number of nitrogens with zero attached hydrogens (tertiary/aromatic N) is 1. The van der Waals surface area contributed by atoms with Crippen LogP contribution in [0.1, 0.15) is 0 Å². The van der Waals surface area contributed by atoms with Crippen LogP contribution in [0.25, 0.3) is 0 Å². The molecule has 1 rings (SSSR count). The Balaban J connectivity index is 2.54. The van der Waals surface area contributed by atoms with Crippen molar-refractivity contribution >= 4 is 5.97 Å². The van der Waals surface area contributed by atoms with Crippen molar-refractivity contribution in [1.29, 1.82) is 0 Å². The standard InChI is InChI=1S/C2H2FN/c3-2-1-4-2/h1H2. The molecule has 1 aliphatic heterocycles. The molecule has 0 saturated carbocycles. The summed E-state index contributed by atoms with van der Waals surface area (Å²) in [5, 5.41) is 0. The van der Waals surface area contributed by atoms with Crippen LogP contribution >= 0.6 is 0 Å². The van der Waals surface area contributed by atoms with Gasteiger partial charge in [0.1, 0.15) is 6.54 Å². The average Bonchev–Trinajstić information content (AvgIpc) is 1.75. The van der Waals surface area contributed by atoms with Crippen LogP contribution in [-0.2, 0) is 0 Å². The van der Waals surface area contributed by atoms with E-state index in [4.69, 9.17) is 0 Å². The third kappa shape index (κ3) is 0.0852. The Morgan fingerprint density at radius 2 is 2.25 bits per heavy atom. The van der Waals surface area contributed by atoms with Crippen molar-refractivity contribution in [3.63, 3.8) is 0 Å². The van der Waals surface area contributed by atoms with E-state index < -0.39 is 0 Å². The SMILES string of the molecule is FC1=NC1. The third-order valence-corrected chi connectivity index (χ3v) is 0.278. The number of hydrogen-bond donors (Lipinski definition) is 0. The molecule has 0 unspecified atom stereocenters. The van der Waals surface area contributed by atoms with Gasteiger partial charge in [-0.25, -0.2) is 0 Å². The van der Waals surface area contributed by atoms with Crippen molar-refractivity contribution in [2.45, 2.75) is 0 Å². The lowest BCUT2D eigenvalue weighted by Crippen LogP contribution is -1.54. The highest BCUT2D eigenvalue weighted by Crippen LogP contribution is 1.93. The summed E-state index contributed by atoms with van der Waals surface area (Å²) >= 11 is 0. The summed E-state index contributed by atoms with van der Waals surface area (Å²) in [4.78, 5) is 3.15. The fourth-order valence-corrected chi connectivity index (χ4v) is 0.0299. The minimum atomic E-state index is -0.208. The maximum Gasteiger partial charge on any atom is 0.206 e. The summed E-state index contributed by atoms with van der Waals surface area (Å²) in [5.74, 6) is -0.208. The molecular weight excluding hydrogens is 57.0 g/mol. The van der Waals surface area contributed by atoms with E-state index in [0.717, 1.165) is 0 Å². The van der Waals surface area contributed by atoms with E-state index in [1.165, 1.54) is 0 Å². The van der Waals surface area contributed by atoms with Gasteiger partial charge < -0.3 is 0 Å². The molecule has 0 fully saturated rings. The zero-order chi connectivity index (χ0) is 2.99. The van der Waals surface area contributed by atoms with Gasteiger partial charge in [0.25, 0.3) is 0 Å². The maximum atomic E-state index is 10.9. The van der Waals surface area contributed by atoms with Gasteiger partial charge in [-0.3, -0.25) is 4.99 Å². The van der Waals surface area contributed by atoms with Gasteiger partial charge in [0, 0.05) is 0 Å². The van der Waals surface area contributed by atoms with E-state index in [1.54, 1.807) is 0 Å². The Hall–Kier alpha value is -0.400. The van der Waals surface area contributed by atoms with Gasteiger partial charge in [-0.2, -0.15) is 4.39 Å². The van der Waals surface area contributed by atoms with Crippen LogP contribution in [0.4, 0.5) is 4.39 Å². The third-order valence-electron chi connectivity index (χ3n) is 0.278. The molecule has 1 heterocycles. The molecule has 0 aromatic carbocycles. The molecule has 0 bridgehead atoms. The molecule has 1 nitrogen and oxygen atoms in total. The van der Waals surface area contributed by atoms with Crippen LogP contribution in [0, 0.1) is 0 Å². The largest absolute Gasteiger partial charge is 0.251 e. The van der Waals surface area contributed by atoms with Gasteiger partial charge in [0.05, 0.1) is 0 Å². The maximum absolute atomic E-state index is 10.9. The minimum Gasteiger partial charge on any atom is -0.251 e. The number of halogens is 1. The smallest absolute Gasteiger partial charge is 0.206 e. The molecule has 1 aliphatic rings. The normalized spacial score (nSPS) is 19.8. The molecule has 0 aromatic heterocycles. The van der Waals surface area contributed by atoms with E-state index in [9.17, 15) is 4.39 Å². The lowest BCUT2D eigenvalue weighted by atomic mass is 10.9. The number of rotatable bonds is 0. The molecule has 0 aromatic rings. The predicted molar refractivity (Wildman–Crippen MR) is 13.4 cm³/mol. The van der Waals surface area contributed by atoms with Crippen molar-refractivity contribution in [2.24, 2.45) is 4.99 Å². The first-order valence-electron chi connectivity index (χ1n) is 1.08.